The van der Waals surface area contributed by atoms with Crippen LogP contribution >= 0.6 is 11.6 Å². The van der Waals surface area contributed by atoms with E-state index in [4.69, 9.17) is 20.8 Å². The smallest absolute Gasteiger partial charge is 0.374 e. The third-order valence-corrected chi connectivity index (χ3v) is 2.16. The summed E-state index contributed by atoms with van der Waals surface area (Å²) in [4.78, 5) is 22.7. The molecule has 0 radical (unpaired) electrons. The monoisotopic (exact) mass is 244 g/mol. The van der Waals surface area contributed by atoms with Gasteiger partial charge >= 0.3 is 5.97 Å². The number of carbonyl (C=O) groups is 2. The molecule has 0 aliphatic carbocycles. The third kappa shape index (κ3) is 3.38. The van der Waals surface area contributed by atoms with Crippen molar-refractivity contribution < 1.29 is 18.7 Å². The molecule has 0 N–H and O–H groups in total. The Labute approximate surface area is 98.5 Å². The molecule has 88 valence electrons. The van der Waals surface area contributed by atoms with Crippen molar-refractivity contribution in [1.29, 1.82) is 0 Å². The number of furan rings is 1. The summed E-state index contributed by atoms with van der Waals surface area (Å²) < 4.78 is 9.83. The van der Waals surface area contributed by atoms with E-state index in [2.05, 4.69) is 0 Å². The minimum Gasteiger partial charge on any atom is -0.460 e. The van der Waals surface area contributed by atoms with Crippen molar-refractivity contribution in [2.24, 2.45) is 0 Å². The number of hydrogen-bond acceptors (Lipinski definition) is 4. The van der Waals surface area contributed by atoms with Gasteiger partial charge in [-0.3, -0.25) is 4.79 Å². The number of ether oxygens (including phenoxy) is 1. The zero-order valence-corrected chi connectivity index (χ0v) is 9.75. The highest BCUT2D eigenvalue weighted by Crippen LogP contribution is 2.12. The number of carbonyl (C=O) groups excluding carboxylic acids is 2. The maximum absolute atomic E-state index is 11.5. The molecule has 1 rings (SSSR count). The van der Waals surface area contributed by atoms with Gasteiger partial charge in [-0.1, -0.05) is 0 Å². The van der Waals surface area contributed by atoms with Crippen LogP contribution in [0, 0.1) is 0 Å². The van der Waals surface area contributed by atoms with Crippen LogP contribution in [0.5, 0.6) is 0 Å². The van der Waals surface area contributed by atoms with Crippen LogP contribution in [0.2, 0.25) is 0 Å². The summed E-state index contributed by atoms with van der Waals surface area (Å²) in [6.45, 7) is 1.97. The molecule has 0 bridgehead atoms. The fraction of sp³-hybridized carbons (Fsp3) is 0.455. The molecular weight excluding hydrogens is 232 g/mol. The fourth-order valence-corrected chi connectivity index (χ4v) is 1.28. The Morgan fingerprint density at radius 1 is 1.38 bits per heavy atom. The van der Waals surface area contributed by atoms with E-state index in [0.29, 0.717) is 18.7 Å². The van der Waals surface area contributed by atoms with Crippen LogP contribution in [0.15, 0.2) is 16.5 Å². The van der Waals surface area contributed by atoms with Crippen LogP contribution in [-0.2, 0) is 4.74 Å². The average molecular weight is 245 g/mol. The largest absolute Gasteiger partial charge is 0.460 e. The van der Waals surface area contributed by atoms with Gasteiger partial charge in [0.2, 0.25) is 5.76 Å². The van der Waals surface area contributed by atoms with Gasteiger partial charge in [0.25, 0.3) is 0 Å². The number of halogens is 1. The topological polar surface area (TPSA) is 56.5 Å². The minimum absolute atomic E-state index is 0.0519. The van der Waals surface area contributed by atoms with Crippen molar-refractivity contribution in [2.45, 2.75) is 19.8 Å². The molecule has 0 spiro atoms. The number of Topliss-reactive ketones (excluding diaryl/α,β-unsaturated/α-hetero) is 1. The second-order valence-electron chi connectivity index (χ2n) is 3.10. The SMILES string of the molecule is CCOC(=O)c1ccc(C(=O)CCCCl)o1. The second kappa shape index (κ2) is 6.33. The van der Waals surface area contributed by atoms with Gasteiger partial charge in [-0.15, -0.1) is 11.6 Å². The lowest BCUT2D eigenvalue weighted by Crippen LogP contribution is -2.03. The predicted octanol–water partition coefficient (Wildman–Crippen LogP) is 2.66. The van der Waals surface area contributed by atoms with Gasteiger partial charge in [-0.25, -0.2) is 4.79 Å². The van der Waals surface area contributed by atoms with Gasteiger partial charge in [0.15, 0.2) is 11.5 Å². The molecule has 0 amide bonds. The number of hydrogen-bond donors (Lipinski definition) is 0. The summed E-state index contributed by atoms with van der Waals surface area (Å²) in [6.07, 6.45) is 0.912. The van der Waals surface area contributed by atoms with Crippen molar-refractivity contribution in [3.63, 3.8) is 0 Å². The lowest BCUT2D eigenvalue weighted by molar-refractivity contribution is 0.0488. The Morgan fingerprint density at radius 2 is 2.06 bits per heavy atom. The quantitative estimate of drug-likeness (QED) is 0.439. The molecule has 1 heterocycles. The molecule has 0 aliphatic heterocycles. The van der Waals surface area contributed by atoms with Crippen molar-refractivity contribution in [3.8, 4) is 0 Å². The Balaban J connectivity index is 2.63. The standard InChI is InChI=1S/C11H13ClO4/c1-2-15-11(14)10-6-5-9(16-10)8(13)4-3-7-12/h5-6H,2-4,7H2,1H3. The first-order chi connectivity index (χ1) is 7.69. The molecule has 0 aliphatic rings. The van der Waals surface area contributed by atoms with Gasteiger partial charge in [0.1, 0.15) is 0 Å². The number of rotatable bonds is 6. The second-order valence-corrected chi connectivity index (χ2v) is 3.48. The lowest BCUT2D eigenvalue weighted by Gasteiger charge is -1.97. The average Bonchev–Trinajstić information content (AvgIpc) is 2.75. The Bertz CT molecular complexity index is 370. The first-order valence-corrected chi connectivity index (χ1v) is 5.58. The van der Waals surface area contributed by atoms with E-state index in [9.17, 15) is 9.59 Å². The first-order valence-electron chi connectivity index (χ1n) is 5.05. The summed E-state index contributed by atoms with van der Waals surface area (Å²) in [6, 6.07) is 2.91. The van der Waals surface area contributed by atoms with Crippen LogP contribution in [0.4, 0.5) is 0 Å². The van der Waals surface area contributed by atoms with Crippen molar-refractivity contribution in [1.82, 2.24) is 0 Å². The molecule has 4 nitrogen and oxygen atoms in total. The van der Waals surface area contributed by atoms with E-state index in [0.717, 1.165) is 0 Å². The molecule has 0 saturated carbocycles. The minimum atomic E-state index is -0.557. The highest BCUT2D eigenvalue weighted by Gasteiger charge is 2.15. The van der Waals surface area contributed by atoms with Gasteiger partial charge in [-0.05, 0) is 25.5 Å². The summed E-state index contributed by atoms with van der Waals surface area (Å²) in [7, 11) is 0. The van der Waals surface area contributed by atoms with E-state index in [1.165, 1.54) is 12.1 Å². The molecule has 0 saturated heterocycles. The number of alkyl halides is 1. The van der Waals surface area contributed by atoms with E-state index >= 15 is 0 Å². The maximum Gasteiger partial charge on any atom is 0.374 e. The Kier molecular flexibility index (Phi) is 5.05. The molecule has 0 fully saturated rings. The zero-order chi connectivity index (χ0) is 12.0. The van der Waals surface area contributed by atoms with Crippen LogP contribution in [-0.4, -0.2) is 24.2 Å². The van der Waals surface area contributed by atoms with Crippen LogP contribution in [0.25, 0.3) is 0 Å². The first kappa shape index (κ1) is 12.8. The summed E-state index contributed by atoms with van der Waals surface area (Å²) >= 11 is 5.47. The number of ketones is 1. The number of esters is 1. The van der Waals surface area contributed by atoms with Crippen LogP contribution < -0.4 is 0 Å². The molecule has 1 aromatic rings. The molecule has 1 aromatic heterocycles. The van der Waals surface area contributed by atoms with Crippen molar-refractivity contribution in [2.75, 3.05) is 12.5 Å². The fourth-order valence-electron chi connectivity index (χ4n) is 1.15. The molecule has 0 unspecified atom stereocenters. The van der Waals surface area contributed by atoms with E-state index in [-0.39, 0.29) is 23.9 Å². The molecule has 5 heteroatoms. The van der Waals surface area contributed by atoms with Crippen LogP contribution in [0.3, 0.4) is 0 Å². The summed E-state index contributed by atoms with van der Waals surface area (Å²) in [5, 5.41) is 0. The van der Waals surface area contributed by atoms with Gasteiger partial charge < -0.3 is 9.15 Å². The summed E-state index contributed by atoms with van der Waals surface area (Å²) in [5.41, 5.74) is 0. The lowest BCUT2D eigenvalue weighted by atomic mass is 10.2. The maximum atomic E-state index is 11.5. The van der Waals surface area contributed by atoms with E-state index in [1.807, 2.05) is 0 Å². The van der Waals surface area contributed by atoms with Gasteiger partial charge in [0, 0.05) is 12.3 Å². The zero-order valence-electron chi connectivity index (χ0n) is 8.99. The van der Waals surface area contributed by atoms with E-state index in [1.54, 1.807) is 6.92 Å². The summed E-state index contributed by atoms with van der Waals surface area (Å²) in [5.74, 6) is -0.0590. The highest BCUT2D eigenvalue weighted by molar-refractivity contribution is 6.18. The highest BCUT2D eigenvalue weighted by atomic mass is 35.5. The Hall–Kier alpha value is -1.29. The van der Waals surface area contributed by atoms with Gasteiger partial charge in [0.05, 0.1) is 6.61 Å². The van der Waals surface area contributed by atoms with E-state index < -0.39 is 5.97 Å². The molecule has 0 aromatic carbocycles. The molecule has 16 heavy (non-hydrogen) atoms. The van der Waals surface area contributed by atoms with Crippen LogP contribution in [0.1, 0.15) is 40.9 Å². The molecular formula is C11H13ClO4. The predicted molar refractivity (Wildman–Crippen MR) is 58.9 cm³/mol. The molecule has 0 atom stereocenters. The Morgan fingerprint density at radius 3 is 2.69 bits per heavy atom. The third-order valence-electron chi connectivity index (χ3n) is 1.89. The normalized spacial score (nSPS) is 10.1. The van der Waals surface area contributed by atoms with Crippen molar-refractivity contribution in [3.05, 3.63) is 23.7 Å². The van der Waals surface area contributed by atoms with Gasteiger partial charge in [-0.2, -0.15) is 0 Å². The van der Waals surface area contributed by atoms with Crippen molar-refractivity contribution >= 4 is 23.4 Å².